The summed E-state index contributed by atoms with van der Waals surface area (Å²) in [6, 6.07) is 8.96. The Kier molecular flexibility index (Phi) is 4.11. The van der Waals surface area contributed by atoms with E-state index in [-0.39, 0.29) is 11.5 Å². The molecule has 8 heteroatoms. The molecule has 0 saturated heterocycles. The average Bonchev–Trinajstić information content (AvgIpc) is 2.45. The van der Waals surface area contributed by atoms with Crippen LogP contribution < -0.4 is 11.3 Å². The number of nitrogens with two attached hydrogens (primary N) is 1. The first-order valence-corrected chi connectivity index (χ1v) is 5.80. The minimum Gasteiger partial charge on any atom is -0.380 e. The molecule has 0 saturated carbocycles. The number of nitrogens with one attached hydrogen (secondary N) is 1. The molecule has 0 fully saturated rings. The summed E-state index contributed by atoms with van der Waals surface area (Å²) >= 11 is 5.80. The molecule has 0 unspecified atom stereocenters. The van der Waals surface area contributed by atoms with Gasteiger partial charge in [-0.05, 0) is 18.2 Å². The van der Waals surface area contributed by atoms with Crippen molar-refractivity contribution in [2.24, 2.45) is 10.9 Å². The summed E-state index contributed by atoms with van der Waals surface area (Å²) in [7, 11) is 0. The number of oxime groups is 1. The van der Waals surface area contributed by atoms with Crippen LogP contribution in [0.15, 0.2) is 46.3 Å². The van der Waals surface area contributed by atoms with Gasteiger partial charge in [0.05, 0.1) is 0 Å². The Bertz CT molecular complexity index is 706. The molecule has 7 nitrogen and oxygen atoms in total. The van der Waals surface area contributed by atoms with E-state index in [0.717, 1.165) is 6.07 Å². The third-order valence-corrected chi connectivity index (χ3v) is 2.47. The van der Waals surface area contributed by atoms with Gasteiger partial charge in [0.2, 0.25) is 0 Å². The number of aromatic nitrogens is 2. The van der Waals surface area contributed by atoms with Gasteiger partial charge in [-0.15, -0.1) is 0 Å². The number of hydrogen-bond acceptors (Lipinski definition) is 5. The summed E-state index contributed by atoms with van der Waals surface area (Å²) in [4.78, 5) is 27.0. The van der Waals surface area contributed by atoms with E-state index in [2.05, 4.69) is 20.2 Å². The molecule has 3 N–H and O–H groups in total. The molecule has 0 aliphatic rings. The van der Waals surface area contributed by atoms with Crippen LogP contribution >= 0.6 is 11.6 Å². The smallest absolute Gasteiger partial charge is 0.380 e. The van der Waals surface area contributed by atoms with Crippen LogP contribution in [0.3, 0.4) is 0 Å². The fraction of sp³-hybridized carbons (Fsp3) is 0. The molecule has 0 atom stereocenters. The zero-order valence-corrected chi connectivity index (χ0v) is 10.8. The van der Waals surface area contributed by atoms with Gasteiger partial charge in [-0.3, -0.25) is 4.79 Å². The third kappa shape index (κ3) is 3.42. The number of amidine groups is 1. The molecule has 20 heavy (non-hydrogen) atoms. The molecule has 1 heterocycles. The zero-order chi connectivity index (χ0) is 14.5. The van der Waals surface area contributed by atoms with Gasteiger partial charge in [0.15, 0.2) is 11.5 Å². The lowest BCUT2D eigenvalue weighted by atomic mass is 10.2. The lowest BCUT2D eigenvalue weighted by Gasteiger charge is -2.01. The minimum absolute atomic E-state index is 0.00900. The second kappa shape index (κ2) is 5.98. The second-order valence-electron chi connectivity index (χ2n) is 3.67. The van der Waals surface area contributed by atoms with Crippen LogP contribution in [0.1, 0.15) is 16.1 Å². The van der Waals surface area contributed by atoms with Crippen LogP contribution in [-0.2, 0) is 4.84 Å². The van der Waals surface area contributed by atoms with Crippen molar-refractivity contribution in [3.05, 3.63) is 63.0 Å². The van der Waals surface area contributed by atoms with E-state index < -0.39 is 11.5 Å². The van der Waals surface area contributed by atoms with Gasteiger partial charge in [0.1, 0.15) is 0 Å². The number of halogens is 1. The van der Waals surface area contributed by atoms with E-state index in [1.807, 2.05) is 0 Å². The largest absolute Gasteiger partial charge is 0.385 e. The maximum absolute atomic E-state index is 11.6. The summed E-state index contributed by atoms with van der Waals surface area (Å²) in [5, 5.41) is 9.57. The molecule has 0 aliphatic carbocycles. The number of hydrogen-bond donors (Lipinski definition) is 2. The van der Waals surface area contributed by atoms with Crippen LogP contribution in [0.2, 0.25) is 5.02 Å². The topological polar surface area (TPSA) is 110 Å². The lowest BCUT2D eigenvalue weighted by Crippen LogP contribution is -2.16. The number of rotatable bonds is 3. The fourth-order valence-electron chi connectivity index (χ4n) is 1.30. The zero-order valence-electron chi connectivity index (χ0n) is 10.0. The normalized spacial score (nSPS) is 11.2. The van der Waals surface area contributed by atoms with Crippen LogP contribution in [0.5, 0.6) is 0 Å². The van der Waals surface area contributed by atoms with E-state index in [9.17, 15) is 9.59 Å². The van der Waals surface area contributed by atoms with Crippen LogP contribution in [0, 0.1) is 0 Å². The highest BCUT2D eigenvalue weighted by molar-refractivity contribution is 6.31. The number of benzene rings is 1. The van der Waals surface area contributed by atoms with Crippen molar-refractivity contribution < 1.29 is 9.63 Å². The van der Waals surface area contributed by atoms with Crippen LogP contribution in [0.4, 0.5) is 0 Å². The Morgan fingerprint density at radius 1 is 1.35 bits per heavy atom. The average molecular weight is 293 g/mol. The predicted octanol–water partition coefficient (Wildman–Crippen LogP) is 0.901. The third-order valence-electron chi connectivity index (χ3n) is 2.24. The molecule has 0 radical (unpaired) electrons. The van der Waals surface area contributed by atoms with E-state index in [0.29, 0.717) is 10.6 Å². The highest BCUT2D eigenvalue weighted by atomic mass is 35.5. The minimum atomic E-state index is -0.841. The van der Waals surface area contributed by atoms with E-state index in [1.165, 1.54) is 6.07 Å². The second-order valence-corrected chi connectivity index (χ2v) is 4.11. The SMILES string of the molecule is N/C(=N\OC(=O)c1ccc(=O)[nH]n1)c1cccc(Cl)c1. The number of nitrogens with zero attached hydrogens (tertiary/aromatic N) is 2. The highest BCUT2D eigenvalue weighted by Gasteiger charge is 2.09. The maximum Gasteiger partial charge on any atom is 0.385 e. The molecular weight excluding hydrogens is 284 g/mol. The number of H-pyrrole nitrogens is 1. The first-order valence-electron chi connectivity index (χ1n) is 5.43. The molecule has 1 aromatic carbocycles. The number of aromatic amines is 1. The van der Waals surface area contributed by atoms with Crippen molar-refractivity contribution >= 4 is 23.4 Å². The quantitative estimate of drug-likeness (QED) is 0.378. The Labute approximate surface area is 118 Å². The van der Waals surface area contributed by atoms with E-state index in [4.69, 9.17) is 17.3 Å². The molecule has 2 rings (SSSR count). The molecule has 0 spiro atoms. The molecule has 0 aliphatic heterocycles. The Morgan fingerprint density at radius 3 is 2.80 bits per heavy atom. The van der Waals surface area contributed by atoms with E-state index >= 15 is 0 Å². The van der Waals surface area contributed by atoms with Gasteiger partial charge in [-0.2, -0.15) is 5.10 Å². The highest BCUT2D eigenvalue weighted by Crippen LogP contribution is 2.10. The monoisotopic (exact) mass is 292 g/mol. The predicted molar refractivity (Wildman–Crippen MR) is 72.4 cm³/mol. The number of carbonyl (C=O) groups excluding carboxylic acids is 1. The van der Waals surface area contributed by atoms with Gasteiger partial charge >= 0.3 is 5.97 Å². The lowest BCUT2D eigenvalue weighted by molar-refractivity contribution is 0.0507. The van der Waals surface area contributed by atoms with Crippen molar-refractivity contribution in [3.63, 3.8) is 0 Å². The molecule has 102 valence electrons. The molecule has 1 aromatic heterocycles. The van der Waals surface area contributed by atoms with Gasteiger partial charge in [0, 0.05) is 16.7 Å². The molecule has 0 amide bonds. The Hall–Kier alpha value is -2.67. The van der Waals surface area contributed by atoms with Gasteiger partial charge in [-0.1, -0.05) is 28.9 Å². The standard InChI is InChI=1S/C12H9ClN4O3/c13-8-3-1-2-7(6-8)11(14)17-20-12(19)9-4-5-10(18)16-15-9/h1-6H,(H2,14,17)(H,16,18). The fourth-order valence-corrected chi connectivity index (χ4v) is 1.49. The van der Waals surface area contributed by atoms with Crippen molar-refractivity contribution in [2.45, 2.75) is 0 Å². The van der Waals surface area contributed by atoms with Gasteiger partial charge < -0.3 is 10.6 Å². The van der Waals surface area contributed by atoms with Gasteiger partial charge in [-0.25, -0.2) is 9.89 Å². The van der Waals surface area contributed by atoms with Crippen molar-refractivity contribution in [2.75, 3.05) is 0 Å². The summed E-state index contributed by atoms with van der Waals surface area (Å²) in [6.45, 7) is 0. The van der Waals surface area contributed by atoms with E-state index in [1.54, 1.807) is 24.3 Å². The summed E-state index contributed by atoms with van der Waals surface area (Å²) in [5.41, 5.74) is 5.65. The summed E-state index contributed by atoms with van der Waals surface area (Å²) < 4.78 is 0. The van der Waals surface area contributed by atoms with Crippen molar-refractivity contribution in [1.29, 1.82) is 0 Å². The first-order chi connectivity index (χ1) is 9.56. The molecular formula is C12H9ClN4O3. The van der Waals surface area contributed by atoms with Crippen LogP contribution in [0.25, 0.3) is 0 Å². The Morgan fingerprint density at radius 2 is 2.15 bits per heavy atom. The first kappa shape index (κ1) is 13.8. The van der Waals surface area contributed by atoms with Crippen molar-refractivity contribution in [3.8, 4) is 0 Å². The molecule has 0 bridgehead atoms. The summed E-state index contributed by atoms with van der Waals surface area (Å²) in [6.07, 6.45) is 0. The maximum atomic E-state index is 11.6. The van der Waals surface area contributed by atoms with Crippen LogP contribution in [-0.4, -0.2) is 22.0 Å². The summed E-state index contributed by atoms with van der Waals surface area (Å²) in [5.74, 6) is -0.850. The number of carbonyl (C=O) groups is 1. The molecule has 2 aromatic rings. The Balaban J connectivity index is 2.10. The van der Waals surface area contributed by atoms with Crippen molar-refractivity contribution in [1.82, 2.24) is 10.2 Å². The van der Waals surface area contributed by atoms with Gasteiger partial charge in [0.25, 0.3) is 5.56 Å².